The van der Waals surface area contributed by atoms with Gasteiger partial charge < -0.3 is 0 Å². The van der Waals surface area contributed by atoms with Gasteiger partial charge in [0.1, 0.15) is 0 Å². The minimum absolute atomic E-state index is 0.568. The number of nitrogens with zero attached hydrogens (tertiary/aromatic N) is 2. The molecule has 0 aliphatic heterocycles. The molecular formula is C20H20Cl2N4O2. The van der Waals surface area contributed by atoms with Gasteiger partial charge in [0.25, 0.3) is 0 Å². The topological polar surface area (TPSA) is 82.9 Å². The number of hydrazone groups is 2. The minimum atomic E-state index is -0.907. The molecular weight excluding hydrogens is 399 g/mol. The van der Waals surface area contributed by atoms with Crippen LogP contribution in [0.5, 0.6) is 0 Å². The maximum absolute atomic E-state index is 12.0. The summed E-state index contributed by atoms with van der Waals surface area (Å²) in [6, 6.07) is 14.1. The van der Waals surface area contributed by atoms with E-state index in [0.29, 0.717) is 34.3 Å². The second-order valence-electron chi connectivity index (χ2n) is 5.72. The van der Waals surface area contributed by atoms with E-state index in [1.807, 2.05) is 13.8 Å². The Labute approximate surface area is 173 Å². The average Bonchev–Trinajstić information content (AvgIpc) is 2.71. The van der Waals surface area contributed by atoms with Crippen LogP contribution < -0.4 is 10.9 Å². The van der Waals surface area contributed by atoms with Crippen molar-refractivity contribution in [1.29, 1.82) is 0 Å². The molecule has 0 heterocycles. The molecule has 2 N–H and O–H groups in total. The first-order chi connectivity index (χ1) is 13.4. The minimum Gasteiger partial charge on any atom is -0.262 e. The van der Waals surface area contributed by atoms with E-state index in [4.69, 9.17) is 23.2 Å². The summed E-state index contributed by atoms with van der Waals surface area (Å²) in [6.07, 6.45) is 1.14. The van der Waals surface area contributed by atoms with Gasteiger partial charge in [-0.2, -0.15) is 10.2 Å². The van der Waals surface area contributed by atoms with Crippen molar-refractivity contribution in [3.05, 3.63) is 69.7 Å². The number of rotatable bonds is 6. The number of hydrogen-bond acceptors (Lipinski definition) is 4. The van der Waals surface area contributed by atoms with Gasteiger partial charge in [0.15, 0.2) is 0 Å². The van der Waals surface area contributed by atoms with Crippen LogP contribution in [0.3, 0.4) is 0 Å². The van der Waals surface area contributed by atoms with Crippen LogP contribution in [0.15, 0.2) is 58.7 Å². The van der Waals surface area contributed by atoms with Gasteiger partial charge in [0.2, 0.25) is 0 Å². The summed E-state index contributed by atoms with van der Waals surface area (Å²) in [5.41, 5.74) is 7.36. The molecule has 6 nitrogen and oxygen atoms in total. The Morgan fingerprint density at radius 3 is 1.32 bits per heavy atom. The van der Waals surface area contributed by atoms with Crippen molar-refractivity contribution in [2.24, 2.45) is 10.2 Å². The summed E-state index contributed by atoms with van der Waals surface area (Å²) in [6.45, 7) is 3.78. The number of amides is 2. The highest BCUT2D eigenvalue weighted by Gasteiger charge is 2.13. The normalized spacial score (nSPS) is 11.9. The Kier molecular flexibility index (Phi) is 8.17. The summed E-state index contributed by atoms with van der Waals surface area (Å²) in [5, 5.41) is 9.27. The fourth-order valence-corrected chi connectivity index (χ4v) is 2.57. The van der Waals surface area contributed by atoms with Gasteiger partial charge in [0, 0.05) is 10.0 Å². The van der Waals surface area contributed by atoms with Gasteiger partial charge in [-0.05, 0) is 48.2 Å². The molecule has 0 aliphatic carbocycles. The highest BCUT2D eigenvalue weighted by Crippen LogP contribution is 2.12. The molecule has 0 atom stereocenters. The first-order valence-electron chi connectivity index (χ1n) is 8.69. The van der Waals surface area contributed by atoms with Gasteiger partial charge in [-0.25, -0.2) is 10.9 Å². The van der Waals surface area contributed by atoms with Crippen LogP contribution >= 0.6 is 23.2 Å². The molecule has 0 spiro atoms. The smallest absolute Gasteiger partial charge is 0.262 e. The number of carbonyl (C=O) groups excluding carboxylic acids is 2. The third-order valence-electron chi connectivity index (χ3n) is 3.82. The fourth-order valence-electron chi connectivity index (χ4n) is 2.32. The lowest BCUT2D eigenvalue weighted by atomic mass is 10.1. The van der Waals surface area contributed by atoms with E-state index in [9.17, 15) is 9.59 Å². The highest BCUT2D eigenvalue weighted by atomic mass is 35.5. The number of nitrogens with one attached hydrogen (secondary N) is 2. The summed E-state index contributed by atoms with van der Waals surface area (Å²) in [5.74, 6) is -1.81. The van der Waals surface area contributed by atoms with Gasteiger partial charge >= 0.3 is 11.8 Å². The van der Waals surface area contributed by atoms with Crippen LogP contribution in [0, 0.1) is 0 Å². The first kappa shape index (κ1) is 21.6. The molecule has 2 rings (SSSR count). The molecule has 146 valence electrons. The molecule has 0 saturated heterocycles. The molecule has 2 amide bonds. The molecule has 2 aromatic rings. The number of hydrogen-bond donors (Lipinski definition) is 2. The van der Waals surface area contributed by atoms with Crippen LogP contribution in [0.1, 0.15) is 37.8 Å². The largest absolute Gasteiger partial charge is 0.331 e. The zero-order chi connectivity index (χ0) is 20.5. The van der Waals surface area contributed by atoms with Gasteiger partial charge in [0.05, 0.1) is 11.4 Å². The Morgan fingerprint density at radius 2 is 1.04 bits per heavy atom. The Morgan fingerprint density at radius 1 is 0.714 bits per heavy atom. The third-order valence-corrected chi connectivity index (χ3v) is 4.32. The fraction of sp³-hybridized carbons (Fsp3) is 0.200. The second kappa shape index (κ2) is 10.6. The number of benzene rings is 2. The highest BCUT2D eigenvalue weighted by molar-refractivity contribution is 6.35. The monoisotopic (exact) mass is 418 g/mol. The van der Waals surface area contributed by atoms with Gasteiger partial charge in [-0.3, -0.25) is 9.59 Å². The maximum Gasteiger partial charge on any atom is 0.331 e. The molecule has 28 heavy (non-hydrogen) atoms. The predicted molar refractivity (Wildman–Crippen MR) is 113 cm³/mol. The molecule has 0 fully saturated rings. The lowest BCUT2D eigenvalue weighted by Gasteiger charge is -2.06. The second-order valence-corrected chi connectivity index (χ2v) is 6.59. The molecule has 0 saturated carbocycles. The van der Waals surface area contributed by atoms with Crippen molar-refractivity contribution in [2.75, 3.05) is 0 Å². The SMILES string of the molecule is CC/C(=N/NC(=O)C(=O)N/N=C(/CC)c1ccc(Cl)cc1)c1ccc(Cl)cc1. The van der Waals surface area contributed by atoms with Crippen LogP contribution in [-0.4, -0.2) is 23.2 Å². The first-order valence-corrected chi connectivity index (χ1v) is 9.45. The summed E-state index contributed by atoms with van der Waals surface area (Å²) in [4.78, 5) is 24.0. The number of halogens is 2. The Hall–Kier alpha value is -2.70. The predicted octanol–water partition coefficient (Wildman–Crippen LogP) is 4.15. The lowest BCUT2D eigenvalue weighted by molar-refractivity contribution is -0.139. The van der Waals surface area contributed by atoms with E-state index in [-0.39, 0.29) is 0 Å². The van der Waals surface area contributed by atoms with E-state index in [1.54, 1.807) is 48.5 Å². The molecule has 8 heteroatoms. The van der Waals surface area contributed by atoms with Crippen molar-refractivity contribution in [3.63, 3.8) is 0 Å². The quantitative estimate of drug-likeness (QED) is 0.419. The number of carbonyl (C=O) groups is 2. The Bertz CT molecular complexity index is 816. The zero-order valence-corrected chi connectivity index (χ0v) is 17.0. The van der Waals surface area contributed by atoms with Crippen molar-refractivity contribution < 1.29 is 9.59 Å². The summed E-state index contributed by atoms with van der Waals surface area (Å²) < 4.78 is 0. The van der Waals surface area contributed by atoms with Crippen molar-refractivity contribution in [2.45, 2.75) is 26.7 Å². The van der Waals surface area contributed by atoms with E-state index in [1.165, 1.54) is 0 Å². The van der Waals surface area contributed by atoms with E-state index in [2.05, 4.69) is 21.1 Å². The summed E-state index contributed by atoms with van der Waals surface area (Å²) >= 11 is 11.7. The van der Waals surface area contributed by atoms with Crippen molar-refractivity contribution in [1.82, 2.24) is 10.9 Å². The molecule has 2 aromatic carbocycles. The van der Waals surface area contributed by atoms with Crippen LogP contribution in [0.25, 0.3) is 0 Å². The van der Waals surface area contributed by atoms with Gasteiger partial charge in [-0.15, -0.1) is 0 Å². The van der Waals surface area contributed by atoms with Crippen LogP contribution in [-0.2, 0) is 9.59 Å². The van der Waals surface area contributed by atoms with Crippen molar-refractivity contribution >= 4 is 46.4 Å². The maximum atomic E-state index is 12.0. The Balaban J connectivity index is 2.02. The van der Waals surface area contributed by atoms with E-state index >= 15 is 0 Å². The lowest BCUT2D eigenvalue weighted by Crippen LogP contribution is -2.36. The van der Waals surface area contributed by atoms with E-state index < -0.39 is 11.8 Å². The zero-order valence-electron chi connectivity index (χ0n) is 15.5. The van der Waals surface area contributed by atoms with Crippen LogP contribution in [0.2, 0.25) is 10.0 Å². The average molecular weight is 419 g/mol. The third kappa shape index (κ3) is 6.18. The molecule has 0 radical (unpaired) electrons. The standard InChI is InChI=1S/C20H20Cl2N4O2/c1-3-17(13-5-9-15(21)10-6-13)23-25-19(27)20(28)26-24-18(4-2)14-7-11-16(22)12-8-14/h5-12H,3-4H2,1-2H3,(H,25,27)(H,26,28)/b23-17-,24-18-. The molecule has 0 bridgehead atoms. The molecule has 0 unspecified atom stereocenters. The van der Waals surface area contributed by atoms with Crippen LogP contribution in [0.4, 0.5) is 0 Å². The van der Waals surface area contributed by atoms with E-state index in [0.717, 1.165) is 11.1 Å². The molecule has 0 aromatic heterocycles. The summed E-state index contributed by atoms with van der Waals surface area (Å²) in [7, 11) is 0. The molecule has 0 aliphatic rings. The van der Waals surface area contributed by atoms with Crippen molar-refractivity contribution in [3.8, 4) is 0 Å². The van der Waals surface area contributed by atoms with Gasteiger partial charge in [-0.1, -0.05) is 61.3 Å².